The van der Waals surface area contributed by atoms with Gasteiger partial charge in [0.2, 0.25) is 0 Å². The second kappa shape index (κ2) is 7.97. The van der Waals surface area contributed by atoms with Crippen molar-refractivity contribution < 1.29 is 0 Å². The van der Waals surface area contributed by atoms with Crippen molar-refractivity contribution in [3.63, 3.8) is 0 Å². The highest BCUT2D eigenvalue weighted by atomic mass is 15.1. The molecule has 21 heavy (non-hydrogen) atoms. The number of hydrogen-bond acceptors (Lipinski definition) is 2. The summed E-state index contributed by atoms with van der Waals surface area (Å²) in [6.07, 6.45) is 11.1. The highest BCUT2D eigenvalue weighted by molar-refractivity contribution is 4.90. The number of nitrogens with zero attached hydrogens (tertiary/aromatic N) is 1. The lowest BCUT2D eigenvalue weighted by Crippen LogP contribution is -2.48. The first-order valence-electron chi connectivity index (χ1n) is 9.49. The molecule has 1 saturated carbocycles. The number of nitrogens with one attached hydrogen (secondary N) is 1. The first-order chi connectivity index (χ1) is 10.0. The zero-order valence-corrected chi connectivity index (χ0v) is 15.0. The molecule has 2 heteroatoms. The van der Waals surface area contributed by atoms with E-state index in [1.807, 2.05) is 0 Å². The summed E-state index contributed by atoms with van der Waals surface area (Å²) in [5.74, 6) is 0.862. The molecule has 2 fully saturated rings. The Bertz CT molecular complexity index is 294. The normalized spacial score (nSPS) is 32.9. The molecule has 0 amide bonds. The molecule has 0 radical (unpaired) electrons. The topological polar surface area (TPSA) is 15.3 Å². The van der Waals surface area contributed by atoms with Crippen LogP contribution in [-0.4, -0.2) is 36.6 Å². The minimum Gasteiger partial charge on any atom is -0.311 e. The highest BCUT2D eigenvalue weighted by Crippen LogP contribution is 2.38. The van der Waals surface area contributed by atoms with Gasteiger partial charge < -0.3 is 10.2 Å². The lowest BCUT2D eigenvalue weighted by Gasteiger charge is -2.42. The van der Waals surface area contributed by atoms with Crippen LogP contribution < -0.4 is 5.32 Å². The SMILES string of the molecule is CCCN1CCCC(NC2CCCCC2C(C)(C)C)CC1. The van der Waals surface area contributed by atoms with Crippen LogP contribution >= 0.6 is 0 Å². The molecule has 1 saturated heterocycles. The van der Waals surface area contributed by atoms with E-state index in [0.717, 1.165) is 18.0 Å². The standard InChI is InChI=1S/C19H38N2/c1-5-13-21-14-8-9-16(12-15-21)20-18-11-7-6-10-17(18)19(2,3)4/h16-18,20H,5-15H2,1-4H3. The van der Waals surface area contributed by atoms with Crippen LogP contribution in [0.4, 0.5) is 0 Å². The van der Waals surface area contributed by atoms with E-state index in [4.69, 9.17) is 0 Å². The third-order valence-corrected chi connectivity index (χ3v) is 5.69. The Kier molecular flexibility index (Phi) is 6.55. The highest BCUT2D eigenvalue weighted by Gasteiger charge is 2.35. The summed E-state index contributed by atoms with van der Waals surface area (Å²) in [7, 11) is 0. The minimum absolute atomic E-state index is 0.455. The maximum Gasteiger partial charge on any atom is 0.0103 e. The third-order valence-electron chi connectivity index (χ3n) is 5.69. The van der Waals surface area contributed by atoms with E-state index in [1.165, 1.54) is 71.0 Å². The van der Waals surface area contributed by atoms with Gasteiger partial charge in [-0.15, -0.1) is 0 Å². The van der Waals surface area contributed by atoms with Gasteiger partial charge in [-0.2, -0.15) is 0 Å². The summed E-state index contributed by atoms with van der Waals surface area (Å²) in [4.78, 5) is 2.67. The van der Waals surface area contributed by atoms with E-state index in [9.17, 15) is 0 Å². The number of rotatable bonds is 4. The van der Waals surface area contributed by atoms with Gasteiger partial charge in [-0.1, -0.05) is 40.5 Å². The molecule has 2 nitrogen and oxygen atoms in total. The molecule has 0 aromatic rings. The molecule has 3 atom stereocenters. The van der Waals surface area contributed by atoms with E-state index < -0.39 is 0 Å². The van der Waals surface area contributed by atoms with E-state index in [2.05, 4.69) is 37.9 Å². The van der Waals surface area contributed by atoms with Crippen molar-refractivity contribution in [3.05, 3.63) is 0 Å². The van der Waals surface area contributed by atoms with Gasteiger partial charge in [0.15, 0.2) is 0 Å². The predicted molar refractivity (Wildman–Crippen MR) is 92.7 cm³/mol. The number of likely N-dealkylation sites (tertiary alicyclic amines) is 1. The average Bonchev–Trinajstić information content (AvgIpc) is 2.64. The van der Waals surface area contributed by atoms with Crippen molar-refractivity contribution in [1.82, 2.24) is 10.2 Å². The van der Waals surface area contributed by atoms with Crippen LogP contribution in [0.3, 0.4) is 0 Å². The molecule has 124 valence electrons. The van der Waals surface area contributed by atoms with Crippen LogP contribution in [0.15, 0.2) is 0 Å². The quantitative estimate of drug-likeness (QED) is 0.824. The third kappa shape index (κ3) is 5.25. The Morgan fingerprint density at radius 2 is 1.71 bits per heavy atom. The second-order valence-corrected chi connectivity index (χ2v) is 8.50. The summed E-state index contributed by atoms with van der Waals surface area (Å²) < 4.78 is 0. The summed E-state index contributed by atoms with van der Waals surface area (Å²) in [5, 5.41) is 4.09. The number of hydrogen-bond donors (Lipinski definition) is 1. The molecular weight excluding hydrogens is 256 g/mol. The van der Waals surface area contributed by atoms with Crippen molar-refractivity contribution in [1.29, 1.82) is 0 Å². The molecule has 0 aromatic heterocycles. The zero-order valence-electron chi connectivity index (χ0n) is 15.0. The van der Waals surface area contributed by atoms with Crippen molar-refractivity contribution >= 4 is 0 Å². The van der Waals surface area contributed by atoms with Crippen molar-refractivity contribution in [2.45, 2.75) is 91.1 Å². The Labute approximate surface area is 133 Å². The largest absolute Gasteiger partial charge is 0.311 e. The maximum atomic E-state index is 4.09. The van der Waals surface area contributed by atoms with Crippen molar-refractivity contribution in [2.75, 3.05) is 19.6 Å². The van der Waals surface area contributed by atoms with Crippen LogP contribution in [0.25, 0.3) is 0 Å². The minimum atomic E-state index is 0.455. The molecule has 1 heterocycles. The van der Waals surface area contributed by atoms with Crippen LogP contribution in [0, 0.1) is 11.3 Å². The lowest BCUT2D eigenvalue weighted by atomic mass is 9.69. The Balaban J connectivity index is 1.87. The van der Waals surface area contributed by atoms with Crippen LogP contribution in [0.1, 0.15) is 79.1 Å². The summed E-state index contributed by atoms with van der Waals surface area (Å²) in [6.45, 7) is 13.5. The molecule has 0 bridgehead atoms. The van der Waals surface area contributed by atoms with E-state index in [-0.39, 0.29) is 0 Å². The van der Waals surface area contributed by atoms with Gasteiger partial charge in [-0.25, -0.2) is 0 Å². The molecule has 1 aliphatic carbocycles. The molecule has 1 N–H and O–H groups in total. The summed E-state index contributed by atoms with van der Waals surface area (Å²) in [6, 6.07) is 1.53. The van der Waals surface area contributed by atoms with Gasteiger partial charge in [0.05, 0.1) is 0 Å². The fraction of sp³-hybridized carbons (Fsp3) is 1.00. The van der Waals surface area contributed by atoms with Crippen LogP contribution in [-0.2, 0) is 0 Å². The molecule has 0 aromatic carbocycles. The fourth-order valence-corrected chi connectivity index (χ4v) is 4.53. The van der Waals surface area contributed by atoms with E-state index in [1.54, 1.807) is 0 Å². The maximum absolute atomic E-state index is 4.09. The first kappa shape index (κ1) is 17.3. The Morgan fingerprint density at radius 1 is 0.952 bits per heavy atom. The molecule has 2 rings (SSSR count). The molecule has 0 spiro atoms. The van der Waals surface area contributed by atoms with Crippen molar-refractivity contribution in [2.24, 2.45) is 11.3 Å². The predicted octanol–water partition coefficient (Wildman–Crippen LogP) is 4.45. The van der Waals surface area contributed by atoms with E-state index >= 15 is 0 Å². The Morgan fingerprint density at radius 3 is 2.43 bits per heavy atom. The van der Waals surface area contributed by atoms with Gasteiger partial charge in [0.1, 0.15) is 0 Å². The van der Waals surface area contributed by atoms with Crippen LogP contribution in [0.2, 0.25) is 0 Å². The summed E-state index contributed by atoms with van der Waals surface area (Å²) >= 11 is 0. The molecule has 1 aliphatic heterocycles. The Hall–Kier alpha value is -0.0800. The smallest absolute Gasteiger partial charge is 0.0103 e. The van der Waals surface area contributed by atoms with Gasteiger partial charge in [0.25, 0.3) is 0 Å². The average molecular weight is 295 g/mol. The zero-order chi connectivity index (χ0) is 15.3. The second-order valence-electron chi connectivity index (χ2n) is 8.50. The monoisotopic (exact) mass is 294 g/mol. The van der Waals surface area contributed by atoms with Crippen LogP contribution in [0.5, 0.6) is 0 Å². The van der Waals surface area contributed by atoms with Gasteiger partial charge >= 0.3 is 0 Å². The van der Waals surface area contributed by atoms with Gasteiger partial charge in [-0.3, -0.25) is 0 Å². The first-order valence-corrected chi connectivity index (χ1v) is 9.49. The van der Waals surface area contributed by atoms with Gasteiger partial charge in [0, 0.05) is 12.1 Å². The molecular formula is C19H38N2. The summed E-state index contributed by atoms with van der Waals surface area (Å²) in [5.41, 5.74) is 0.455. The molecule has 3 unspecified atom stereocenters. The molecule has 2 aliphatic rings. The van der Waals surface area contributed by atoms with Gasteiger partial charge in [-0.05, 0) is 69.5 Å². The fourth-order valence-electron chi connectivity index (χ4n) is 4.53. The van der Waals surface area contributed by atoms with E-state index in [0.29, 0.717) is 5.41 Å². The van der Waals surface area contributed by atoms with Crippen molar-refractivity contribution in [3.8, 4) is 0 Å². The lowest BCUT2D eigenvalue weighted by molar-refractivity contribution is 0.121.